The number of unbranched alkanes of at least 4 members (excludes halogenated alkanes) is 11. The van der Waals surface area contributed by atoms with E-state index in [0.29, 0.717) is 18.1 Å². The smallest absolute Gasteiger partial charge is 0.262 e. The maximum absolute atomic E-state index is 12.4. The van der Waals surface area contributed by atoms with Crippen LogP contribution in [0.4, 0.5) is 5.69 Å². The first-order valence-corrected chi connectivity index (χ1v) is 15.3. The second kappa shape index (κ2) is 18.4. The van der Waals surface area contributed by atoms with Crippen LogP contribution >= 0.6 is 11.3 Å². The average molecular weight is 538 g/mol. The van der Waals surface area contributed by atoms with Crippen LogP contribution in [0.25, 0.3) is 0 Å². The summed E-state index contributed by atoms with van der Waals surface area (Å²) < 4.78 is 13.9. The molecule has 0 fully saturated rings. The third-order valence-electron chi connectivity index (χ3n) is 6.59. The molecule has 3 aromatic rings. The molecule has 0 aliphatic rings. The summed E-state index contributed by atoms with van der Waals surface area (Å²) in [6, 6.07) is 15.5. The molecule has 206 valence electrons. The third kappa shape index (κ3) is 12.1. The number of carbonyl (C=O) groups is 1. The molecule has 5 nitrogen and oxygen atoms in total. The van der Waals surface area contributed by atoms with Gasteiger partial charge in [0.2, 0.25) is 5.51 Å². The number of carbonyl (C=O) groups excluding carboxylic acids is 1. The summed E-state index contributed by atoms with van der Waals surface area (Å²) in [7, 11) is 0. The molecule has 0 saturated heterocycles. The Kier molecular flexibility index (Phi) is 14.4. The fourth-order valence-corrected chi connectivity index (χ4v) is 5.01. The van der Waals surface area contributed by atoms with Crippen molar-refractivity contribution in [2.45, 2.75) is 90.5 Å². The molecule has 0 saturated carbocycles. The van der Waals surface area contributed by atoms with E-state index in [1.165, 1.54) is 76.2 Å². The molecular weight excluding hydrogens is 492 g/mol. The number of benzene rings is 2. The number of nitrogens with one attached hydrogen (secondary N) is 1. The molecule has 1 N–H and O–H groups in total. The minimum Gasteiger partial charge on any atom is -0.490 e. The van der Waals surface area contributed by atoms with E-state index in [4.69, 9.17) is 9.47 Å². The second-order valence-electron chi connectivity index (χ2n) is 9.92. The molecular formula is C32H45N2O3S+. The SMILES string of the molecule is CCCCCCCCCCCCCCOc1ccccc1OCC(=O)Nc1ccc(C[n+]2ccsc2)cc1. The van der Waals surface area contributed by atoms with E-state index in [2.05, 4.69) is 33.9 Å². The summed E-state index contributed by atoms with van der Waals surface area (Å²) in [5.41, 5.74) is 4.02. The number of nitrogens with zero attached hydrogens (tertiary/aromatic N) is 1. The number of para-hydroxylation sites is 2. The Morgan fingerprint density at radius 2 is 1.39 bits per heavy atom. The maximum Gasteiger partial charge on any atom is 0.262 e. The van der Waals surface area contributed by atoms with E-state index < -0.39 is 0 Å². The van der Waals surface area contributed by atoms with Gasteiger partial charge in [0.25, 0.3) is 5.91 Å². The quantitative estimate of drug-likeness (QED) is 0.117. The summed E-state index contributed by atoms with van der Waals surface area (Å²) in [6.07, 6.45) is 17.9. The summed E-state index contributed by atoms with van der Waals surface area (Å²) in [4.78, 5) is 12.4. The highest BCUT2D eigenvalue weighted by atomic mass is 32.1. The number of amides is 1. The van der Waals surface area contributed by atoms with Gasteiger partial charge in [0, 0.05) is 11.3 Å². The van der Waals surface area contributed by atoms with Crippen LogP contribution in [0, 0.1) is 0 Å². The van der Waals surface area contributed by atoms with Gasteiger partial charge in [-0.25, -0.2) is 0 Å². The lowest BCUT2D eigenvalue weighted by atomic mass is 10.1. The lowest BCUT2D eigenvalue weighted by Crippen LogP contribution is -2.30. The summed E-state index contributed by atoms with van der Waals surface area (Å²) in [6.45, 7) is 3.69. The minimum absolute atomic E-state index is 0.0640. The van der Waals surface area contributed by atoms with E-state index in [1.807, 2.05) is 48.5 Å². The van der Waals surface area contributed by atoms with Gasteiger partial charge >= 0.3 is 0 Å². The lowest BCUT2D eigenvalue weighted by molar-refractivity contribution is -0.683. The third-order valence-corrected chi connectivity index (χ3v) is 7.26. The van der Waals surface area contributed by atoms with Crippen molar-refractivity contribution in [3.8, 4) is 11.5 Å². The van der Waals surface area contributed by atoms with Crippen molar-refractivity contribution in [2.24, 2.45) is 0 Å². The van der Waals surface area contributed by atoms with E-state index in [9.17, 15) is 4.79 Å². The molecule has 3 rings (SSSR count). The molecule has 1 aromatic heterocycles. The van der Waals surface area contributed by atoms with Crippen molar-refractivity contribution in [3.05, 3.63) is 71.2 Å². The zero-order valence-corrected chi connectivity index (χ0v) is 23.9. The normalized spacial score (nSPS) is 10.9. The summed E-state index contributed by atoms with van der Waals surface area (Å²) in [5, 5.41) is 4.96. The topological polar surface area (TPSA) is 51.4 Å². The van der Waals surface area contributed by atoms with Crippen molar-refractivity contribution in [2.75, 3.05) is 18.5 Å². The van der Waals surface area contributed by atoms with Gasteiger partial charge in [0.05, 0.1) is 12.0 Å². The Hall–Kier alpha value is -2.86. The van der Waals surface area contributed by atoms with Crippen LogP contribution in [-0.4, -0.2) is 19.1 Å². The Morgan fingerprint density at radius 1 is 0.789 bits per heavy atom. The fraction of sp³-hybridized carbons (Fsp3) is 0.500. The molecule has 0 radical (unpaired) electrons. The number of hydrogen-bond donors (Lipinski definition) is 1. The second-order valence-corrected chi connectivity index (χ2v) is 10.7. The van der Waals surface area contributed by atoms with E-state index in [1.54, 1.807) is 11.3 Å². The predicted octanol–water partition coefficient (Wildman–Crippen LogP) is 8.18. The summed E-state index contributed by atoms with van der Waals surface area (Å²) in [5.74, 6) is 1.10. The van der Waals surface area contributed by atoms with Crippen LogP contribution in [0.1, 0.15) is 89.5 Å². The number of aromatic nitrogens is 1. The van der Waals surface area contributed by atoms with E-state index >= 15 is 0 Å². The number of thiazole rings is 1. The number of ether oxygens (including phenoxy) is 2. The van der Waals surface area contributed by atoms with Crippen LogP contribution in [0.3, 0.4) is 0 Å². The predicted molar refractivity (Wildman–Crippen MR) is 157 cm³/mol. The van der Waals surface area contributed by atoms with Gasteiger partial charge in [0.1, 0.15) is 0 Å². The zero-order valence-electron chi connectivity index (χ0n) is 23.0. The van der Waals surface area contributed by atoms with Crippen LogP contribution in [-0.2, 0) is 11.3 Å². The van der Waals surface area contributed by atoms with Gasteiger partial charge in [-0.2, -0.15) is 4.57 Å². The molecule has 0 aliphatic carbocycles. The largest absolute Gasteiger partial charge is 0.490 e. The number of anilines is 1. The molecule has 38 heavy (non-hydrogen) atoms. The molecule has 0 spiro atoms. The van der Waals surface area contributed by atoms with Crippen LogP contribution in [0.15, 0.2) is 65.6 Å². The monoisotopic (exact) mass is 537 g/mol. The first-order chi connectivity index (χ1) is 18.7. The highest BCUT2D eigenvalue weighted by molar-refractivity contribution is 7.07. The Morgan fingerprint density at radius 3 is 2.00 bits per heavy atom. The van der Waals surface area contributed by atoms with Gasteiger partial charge in [-0.1, -0.05) is 113 Å². The first kappa shape index (κ1) is 29.7. The first-order valence-electron chi connectivity index (χ1n) is 14.4. The van der Waals surface area contributed by atoms with Crippen molar-refractivity contribution in [3.63, 3.8) is 0 Å². The molecule has 1 heterocycles. The van der Waals surface area contributed by atoms with Crippen molar-refractivity contribution < 1.29 is 18.8 Å². The Labute approximate surface area is 233 Å². The minimum atomic E-state index is -0.194. The van der Waals surface area contributed by atoms with Crippen molar-refractivity contribution >= 4 is 22.9 Å². The fourth-order valence-electron chi connectivity index (χ4n) is 4.41. The Balaban J connectivity index is 1.27. The average Bonchev–Trinajstić information content (AvgIpc) is 3.45. The molecule has 0 unspecified atom stereocenters. The van der Waals surface area contributed by atoms with E-state index in [-0.39, 0.29) is 12.5 Å². The van der Waals surface area contributed by atoms with Crippen LogP contribution < -0.4 is 19.4 Å². The highest BCUT2D eigenvalue weighted by Gasteiger charge is 2.09. The van der Waals surface area contributed by atoms with Gasteiger partial charge in [0.15, 0.2) is 30.8 Å². The lowest BCUT2D eigenvalue weighted by Gasteiger charge is -2.13. The zero-order chi connectivity index (χ0) is 26.7. The van der Waals surface area contributed by atoms with Crippen molar-refractivity contribution in [1.29, 1.82) is 0 Å². The number of hydrogen-bond acceptors (Lipinski definition) is 4. The van der Waals surface area contributed by atoms with E-state index in [0.717, 1.165) is 18.7 Å². The maximum atomic E-state index is 12.4. The highest BCUT2D eigenvalue weighted by Crippen LogP contribution is 2.26. The molecule has 1 amide bonds. The molecule has 0 atom stereocenters. The van der Waals surface area contributed by atoms with Crippen molar-refractivity contribution in [1.82, 2.24) is 0 Å². The standard InChI is InChI=1S/C32H44N2O3S/c1-2-3-4-5-6-7-8-9-10-11-12-15-23-36-30-16-13-14-17-31(30)37-26-32(35)33-29-20-18-28(19-21-29)25-34-22-24-38-27-34/h13-14,16-22,24,27H,2-12,15,23,25-26H2,1H3/p+1. The van der Waals surface area contributed by atoms with Gasteiger partial charge in [-0.05, 0) is 30.7 Å². The summed E-state index contributed by atoms with van der Waals surface area (Å²) >= 11 is 1.67. The van der Waals surface area contributed by atoms with Gasteiger partial charge in [-0.3, -0.25) is 4.79 Å². The molecule has 0 aliphatic heterocycles. The van der Waals surface area contributed by atoms with Crippen LogP contribution in [0.2, 0.25) is 0 Å². The van der Waals surface area contributed by atoms with Gasteiger partial charge in [-0.15, -0.1) is 0 Å². The molecule has 6 heteroatoms. The van der Waals surface area contributed by atoms with Gasteiger partial charge < -0.3 is 14.8 Å². The Bertz CT molecular complexity index is 1020. The molecule has 0 bridgehead atoms. The number of rotatable bonds is 20. The molecule has 2 aromatic carbocycles. The van der Waals surface area contributed by atoms with Crippen LogP contribution in [0.5, 0.6) is 11.5 Å².